The van der Waals surface area contributed by atoms with Gasteiger partial charge in [-0.2, -0.15) is 0 Å². The Morgan fingerprint density at radius 2 is 0.554 bits per heavy atom. The topological polar surface area (TPSA) is 41.9 Å². The van der Waals surface area contributed by atoms with Crippen LogP contribution in [0.1, 0.15) is 0 Å². The molecule has 1 heterocycles. The first-order valence-electron chi connectivity index (χ1n) is 22.0. The smallest absolute Gasteiger partial charge is 0.164 e. The SMILES string of the molecule is c1ccc(-c2ccc(N(c3ccc(-c4ccccc4)cc3)c3ccc(-c4ccc5ccc6c(-c7nc(-c8ccccc8)nc(-c8ccccc8)n7)ccc7ccc4c5c76)cc3)cc2)cc1. The standard InChI is InChI=1S/C61H40N4/c1-5-13-41(14-6-1)43-21-31-50(32-22-43)65(51-33-23-44(24-34-51)42-15-7-2-8-16-42)52-35-25-45(26-36-52)53-37-27-46-29-39-55-56(40-30-47-28-38-54(53)57(46)58(47)55)61-63-59(48-17-9-3-10-18-48)62-60(64-61)49-19-11-4-12-20-49/h1-40H. The minimum absolute atomic E-state index is 0.651. The van der Waals surface area contributed by atoms with Crippen LogP contribution in [-0.2, 0) is 0 Å². The van der Waals surface area contributed by atoms with Gasteiger partial charge >= 0.3 is 0 Å². The number of rotatable bonds is 9. The van der Waals surface area contributed by atoms with Gasteiger partial charge in [0.15, 0.2) is 17.5 Å². The fourth-order valence-electron chi connectivity index (χ4n) is 9.28. The first-order valence-corrected chi connectivity index (χ1v) is 22.0. The van der Waals surface area contributed by atoms with Crippen LogP contribution in [0.3, 0.4) is 0 Å². The second-order valence-electron chi connectivity index (χ2n) is 16.4. The van der Waals surface area contributed by atoms with Crippen molar-refractivity contribution in [2.45, 2.75) is 0 Å². The molecule has 1 aromatic heterocycles. The summed E-state index contributed by atoms with van der Waals surface area (Å²) in [6.45, 7) is 0. The van der Waals surface area contributed by atoms with Gasteiger partial charge in [0.1, 0.15) is 0 Å². The van der Waals surface area contributed by atoms with E-state index in [0.717, 1.165) is 44.7 Å². The molecule has 12 aromatic rings. The van der Waals surface area contributed by atoms with Crippen LogP contribution in [0.2, 0.25) is 0 Å². The van der Waals surface area contributed by atoms with Crippen molar-refractivity contribution in [1.29, 1.82) is 0 Å². The molecule has 65 heavy (non-hydrogen) atoms. The summed E-state index contributed by atoms with van der Waals surface area (Å²) < 4.78 is 0. The van der Waals surface area contributed by atoms with E-state index in [4.69, 9.17) is 15.0 Å². The van der Waals surface area contributed by atoms with Gasteiger partial charge in [0.05, 0.1) is 0 Å². The Hall–Kier alpha value is -8.73. The Balaban J connectivity index is 0.953. The van der Waals surface area contributed by atoms with E-state index in [-0.39, 0.29) is 0 Å². The summed E-state index contributed by atoms with van der Waals surface area (Å²) in [5, 5.41) is 7.16. The first kappa shape index (κ1) is 38.0. The third-order valence-corrected chi connectivity index (χ3v) is 12.5. The van der Waals surface area contributed by atoms with Gasteiger partial charge in [0.25, 0.3) is 0 Å². The number of hydrogen-bond donors (Lipinski definition) is 0. The number of nitrogens with zero attached hydrogens (tertiary/aromatic N) is 4. The molecule has 0 radical (unpaired) electrons. The van der Waals surface area contributed by atoms with Crippen molar-refractivity contribution in [2.75, 3.05) is 4.90 Å². The van der Waals surface area contributed by atoms with E-state index in [9.17, 15) is 0 Å². The fourth-order valence-corrected chi connectivity index (χ4v) is 9.28. The zero-order chi connectivity index (χ0) is 43.1. The molecular formula is C61H40N4. The van der Waals surface area contributed by atoms with Crippen molar-refractivity contribution in [1.82, 2.24) is 15.0 Å². The average molecular weight is 829 g/mol. The number of aromatic nitrogens is 3. The molecule has 11 aromatic carbocycles. The largest absolute Gasteiger partial charge is 0.311 e. The zero-order valence-corrected chi connectivity index (χ0v) is 35.4. The molecule has 0 unspecified atom stereocenters. The molecule has 0 saturated heterocycles. The molecule has 4 nitrogen and oxygen atoms in total. The van der Waals surface area contributed by atoms with Crippen molar-refractivity contribution in [2.24, 2.45) is 0 Å². The molecule has 12 rings (SSSR count). The Kier molecular flexibility index (Phi) is 9.46. The molecule has 0 aliphatic rings. The third kappa shape index (κ3) is 7.04. The highest BCUT2D eigenvalue weighted by Crippen LogP contribution is 2.43. The van der Waals surface area contributed by atoms with E-state index in [1.807, 2.05) is 36.4 Å². The van der Waals surface area contributed by atoms with Crippen molar-refractivity contribution in [3.8, 4) is 67.5 Å². The second kappa shape index (κ2) is 16.2. The lowest BCUT2D eigenvalue weighted by Gasteiger charge is -2.26. The molecule has 0 N–H and O–H groups in total. The van der Waals surface area contributed by atoms with Crippen LogP contribution >= 0.6 is 0 Å². The maximum absolute atomic E-state index is 5.12. The van der Waals surface area contributed by atoms with E-state index in [1.165, 1.54) is 54.7 Å². The van der Waals surface area contributed by atoms with E-state index in [0.29, 0.717) is 17.5 Å². The molecule has 0 aliphatic carbocycles. The van der Waals surface area contributed by atoms with Crippen molar-refractivity contribution < 1.29 is 0 Å². The van der Waals surface area contributed by atoms with E-state index in [2.05, 4.69) is 211 Å². The van der Waals surface area contributed by atoms with Gasteiger partial charge in [-0.1, -0.05) is 200 Å². The average Bonchev–Trinajstić information content (AvgIpc) is 3.39. The van der Waals surface area contributed by atoms with Crippen LogP contribution in [0.15, 0.2) is 243 Å². The number of anilines is 3. The maximum atomic E-state index is 5.12. The molecule has 0 aliphatic heterocycles. The highest BCUT2D eigenvalue weighted by molar-refractivity contribution is 6.27. The summed E-state index contributed by atoms with van der Waals surface area (Å²) >= 11 is 0. The summed E-state index contributed by atoms with van der Waals surface area (Å²) in [4.78, 5) is 17.5. The second-order valence-corrected chi connectivity index (χ2v) is 16.4. The van der Waals surface area contributed by atoms with Crippen molar-refractivity contribution in [3.05, 3.63) is 243 Å². The quantitative estimate of drug-likeness (QED) is 0.136. The van der Waals surface area contributed by atoms with Gasteiger partial charge in [0.2, 0.25) is 0 Å². The lowest BCUT2D eigenvalue weighted by molar-refractivity contribution is 1.08. The molecule has 0 bridgehead atoms. The van der Waals surface area contributed by atoms with Gasteiger partial charge in [-0.25, -0.2) is 15.0 Å². The molecule has 0 amide bonds. The third-order valence-electron chi connectivity index (χ3n) is 12.5. The highest BCUT2D eigenvalue weighted by atomic mass is 15.1. The van der Waals surface area contributed by atoms with Gasteiger partial charge in [-0.15, -0.1) is 0 Å². The highest BCUT2D eigenvalue weighted by Gasteiger charge is 2.19. The summed E-state index contributed by atoms with van der Waals surface area (Å²) in [5.74, 6) is 1.95. The molecular weight excluding hydrogens is 789 g/mol. The van der Waals surface area contributed by atoms with Gasteiger partial charge in [0, 0.05) is 33.8 Å². The van der Waals surface area contributed by atoms with Crippen LogP contribution in [-0.4, -0.2) is 15.0 Å². The number of hydrogen-bond acceptors (Lipinski definition) is 4. The Morgan fingerprint density at radius 3 is 0.985 bits per heavy atom. The summed E-state index contributed by atoms with van der Waals surface area (Å²) in [6, 6.07) is 86.1. The lowest BCUT2D eigenvalue weighted by Crippen LogP contribution is -2.09. The van der Waals surface area contributed by atoms with Crippen LogP contribution in [0.4, 0.5) is 17.1 Å². The van der Waals surface area contributed by atoms with Crippen LogP contribution in [0.5, 0.6) is 0 Å². The van der Waals surface area contributed by atoms with Crippen LogP contribution in [0, 0.1) is 0 Å². The van der Waals surface area contributed by atoms with E-state index >= 15 is 0 Å². The minimum atomic E-state index is 0.651. The molecule has 0 fully saturated rings. The van der Waals surface area contributed by atoms with Crippen molar-refractivity contribution >= 4 is 49.4 Å². The Labute approximate surface area is 377 Å². The van der Waals surface area contributed by atoms with Gasteiger partial charge < -0.3 is 4.90 Å². The molecule has 0 atom stereocenters. The van der Waals surface area contributed by atoms with Gasteiger partial charge in [-0.05, 0) is 108 Å². The lowest BCUT2D eigenvalue weighted by atomic mass is 9.88. The van der Waals surface area contributed by atoms with E-state index < -0.39 is 0 Å². The zero-order valence-electron chi connectivity index (χ0n) is 35.4. The minimum Gasteiger partial charge on any atom is -0.311 e. The maximum Gasteiger partial charge on any atom is 0.164 e. The summed E-state index contributed by atoms with van der Waals surface area (Å²) in [5.41, 5.74) is 13.3. The van der Waals surface area contributed by atoms with Crippen LogP contribution < -0.4 is 4.90 Å². The molecule has 4 heteroatoms. The number of benzene rings is 11. The Morgan fingerprint density at radius 1 is 0.231 bits per heavy atom. The summed E-state index contributed by atoms with van der Waals surface area (Å²) in [6.07, 6.45) is 0. The molecule has 0 spiro atoms. The normalized spacial score (nSPS) is 11.4. The fraction of sp³-hybridized carbons (Fsp3) is 0. The molecule has 0 saturated carbocycles. The Bertz CT molecular complexity index is 3450. The van der Waals surface area contributed by atoms with Crippen molar-refractivity contribution in [3.63, 3.8) is 0 Å². The van der Waals surface area contributed by atoms with Gasteiger partial charge in [-0.3, -0.25) is 0 Å². The predicted octanol–water partition coefficient (Wildman–Crippen LogP) is 16.2. The molecule has 304 valence electrons. The van der Waals surface area contributed by atoms with E-state index in [1.54, 1.807) is 0 Å². The van der Waals surface area contributed by atoms with Crippen LogP contribution in [0.25, 0.3) is 99.9 Å². The first-order chi connectivity index (χ1) is 32.2. The predicted molar refractivity (Wildman–Crippen MR) is 271 cm³/mol. The summed E-state index contributed by atoms with van der Waals surface area (Å²) in [7, 11) is 0. The monoisotopic (exact) mass is 828 g/mol.